The van der Waals surface area contributed by atoms with Gasteiger partial charge in [0.25, 0.3) is 0 Å². The Morgan fingerprint density at radius 2 is 2.04 bits per heavy atom. The van der Waals surface area contributed by atoms with Crippen molar-refractivity contribution in [1.82, 2.24) is 4.72 Å². The fourth-order valence-corrected chi connectivity index (χ4v) is 3.73. The average Bonchev–Trinajstić information content (AvgIpc) is 3.05. The summed E-state index contributed by atoms with van der Waals surface area (Å²) in [5.74, 6) is -0.152. The summed E-state index contributed by atoms with van der Waals surface area (Å²) in [5, 5.41) is 6.69. The Hall–Kier alpha value is -1.45. The molecule has 0 spiro atoms. The number of hydrogen-bond donors (Lipinski definition) is 3. The van der Waals surface area contributed by atoms with E-state index in [-0.39, 0.29) is 36.3 Å². The molecule has 9 heteroatoms. The highest BCUT2D eigenvalue weighted by Crippen LogP contribution is 2.16. The molecule has 0 saturated heterocycles. The van der Waals surface area contributed by atoms with Crippen molar-refractivity contribution in [2.75, 3.05) is 18.4 Å². The molecule has 4 N–H and O–H groups in total. The van der Waals surface area contributed by atoms with Crippen LogP contribution in [0.25, 0.3) is 0 Å². The summed E-state index contributed by atoms with van der Waals surface area (Å²) in [6.45, 7) is 0.387. The lowest BCUT2D eigenvalue weighted by Crippen LogP contribution is -2.29. The van der Waals surface area contributed by atoms with E-state index in [9.17, 15) is 13.2 Å². The van der Waals surface area contributed by atoms with Crippen LogP contribution in [-0.2, 0) is 21.2 Å². The van der Waals surface area contributed by atoms with Crippen LogP contribution in [0, 0.1) is 0 Å². The van der Waals surface area contributed by atoms with Crippen LogP contribution in [0.5, 0.6) is 0 Å². The number of nitrogens with two attached hydrogens (primary N) is 1. The number of anilines is 1. The van der Waals surface area contributed by atoms with Gasteiger partial charge in [0.2, 0.25) is 15.9 Å². The predicted molar refractivity (Wildman–Crippen MR) is 99.2 cm³/mol. The second-order valence-electron chi connectivity index (χ2n) is 4.89. The highest BCUT2D eigenvalue weighted by Gasteiger charge is 2.14. The Balaban J connectivity index is 0.00000288. The maximum Gasteiger partial charge on any atom is 0.240 e. The van der Waals surface area contributed by atoms with Gasteiger partial charge in [-0.25, -0.2) is 13.1 Å². The number of carbonyl (C=O) groups is 1. The van der Waals surface area contributed by atoms with Crippen LogP contribution in [0.3, 0.4) is 0 Å². The predicted octanol–water partition coefficient (Wildman–Crippen LogP) is 1.98. The van der Waals surface area contributed by atoms with Gasteiger partial charge in [0, 0.05) is 25.2 Å². The van der Waals surface area contributed by atoms with E-state index in [0.717, 1.165) is 5.56 Å². The van der Waals surface area contributed by atoms with Crippen LogP contribution in [0.2, 0.25) is 0 Å². The Labute approximate surface area is 151 Å². The lowest BCUT2D eigenvalue weighted by Gasteiger charge is -2.09. The van der Waals surface area contributed by atoms with E-state index in [2.05, 4.69) is 10.0 Å². The van der Waals surface area contributed by atoms with Gasteiger partial charge in [-0.15, -0.1) is 12.4 Å². The van der Waals surface area contributed by atoms with E-state index in [4.69, 9.17) is 5.73 Å². The van der Waals surface area contributed by atoms with Crippen molar-refractivity contribution in [3.63, 3.8) is 0 Å². The number of rotatable bonds is 8. The molecular weight excluding hydrogens is 370 g/mol. The first-order valence-electron chi connectivity index (χ1n) is 7.12. The molecule has 1 aromatic heterocycles. The summed E-state index contributed by atoms with van der Waals surface area (Å²) < 4.78 is 26.4. The zero-order valence-corrected chi connectivity index (χ0v) is 15.3. The second-order valence-corrected chi connectivity index (χ2v) is 7.44. The highest BCUT2D eigenvalue weighted by atomic mass is 35.5. The molecule has 0 radical (unpaired) electrons. The van der Waals surface area contributed by atoms with Crippen LogP contribution in [0.1, 0.15) is 12.0 Å². The molecule has 0 aliphatic heterocycles. The fraction of sp³-hybridized carbons (Fsp3) is 0.267. The first-order chi connectivity index (χ1) is 11.0. The largest absolute Gasteiger partial charge is 0.329 e. The van der Waals surface area contributed by atoms with Crippen LogP contribution < -0.4 is 15.8 Å². The van der Waals surface area contributed by atoms with Crippen molar-refractivity contribution in [3.05, 3.63) is 46.7 Å². The Kier molecular flexibility index (Phi) is 8.37. The third-order valence-corrected chi connectivity index (χ3v) is 5.28. The molecule has 2 rings (SSSR count). The molecule has 0 aliphatic rings. The molecule has 6 nitrogen and oxygen atoms in total. The molecule has 0 fully saturated rings. The van der Waals surface area contributed by atoms with Gasteiger partial charge in [-0.2, -0.15) is 11.3 Å². The number of hydrogen-bond acceptors (Lipinski definition) is 5. The summed E-state index contributed by atoms with van der Waals surface area (Å²) in [5.41, 5.74) is 6.87. The van der Waals surface area contributed by atoms with E-state index in [1.165, 1.54) is 12.1 Å². The third-order valence-electron chi connectivity index (χ3n) is 3.09. The monoisotopic (exact) mass is 389 g/mol. The molecule has 1 heterocycles. The number of aryl methyl sites for hydroxylation is 1. The number of benzene rings is 1. The van der Waals surface area contributed by atoms with Gasteiger partial charge in [0.1, 0.15) is 0 Å². The van der Waals surface area contributed by atoms with Crippen molar-refractivity contribution in [3.8, 4) is 0 Å². The summed E-state index contributed by atoms with van der Waals surface area (Å²) in [4.78, 5) is 12.1. The molecule has 0 unspecified atom stereocenters. The smallest absolute Gasteiger partial charge is 0.240 e. The van der Waals surface area contributed by atoms with E-state index in [1.54, 1.807) is 23.5 Å². The maximum atomic E-state index is 12.0. The lowest BCUT2D eigenvalue weighted by molar-refractivity contribution is -0.116. The van der Waals surface area contributed by atoms with Gasteiger partial charge in [0.05, 0.1) is 4.90 Å². The Bertz CT molecular complexity index is 749. The quantitative estimate of drug-likeness (QED) is 0.642. The van der Waals surface area contributed by atoms with Crippen molar-refractivity contribution in [2.24, 2.45) is 5.73 Å². The molecule has 132 valence electrons. The number of sulfonamides is 1. The van der Waals surface area contributed by atoms with Gasteiger partial charge in [0.15, 0.2) is 0 Å². The fourth-order valence-electron chi connectivity index (χ4n) is 1.93. The summed E-state index contributed by atoms with van der Waals surface area (Å²) in [7, 11) is -3.61. The number of thiophene rings is 1. The van der Waals surface area contributed by atoms with Crippen LogP contribution in [-0.4, -0.2) is 27.4 Å². The average molecular weight is 390 g/mol. The lowest BCUT2D eigenvalue weighted by atomic mass is 10.2. The minimum absolute atomic E-state index is 0. The van der Waals surface area contributed by atoms with E-state index >= 15 is 0 Å². The zero-order chi connectivity index (χ0) is 16.7. The van der Waals surface area contributed by atoms with Crippen molar-refractivity contribution < 1.29 is 13.2 Å². The van der Waals surface area contributed by atoms with Gasteiger partial charge >= 0.3 is 0 Å². The molecular formula is C15H20ClN3O3S2. The molecule has 0 aliphatic carbocycles. The summed E-state index contributed by atoms with van der Waals surface area (Å²) >= 11 is 1.59. The topological polar surface area (TPSA) is 101 Å². The first kappa shape index (κ1) is 20.6. The van der Waals surface area contributed by atoms with Gasteiger partial charge in [-0.3, -0.25) is 4.79 Å². The Morgan fingerprint density at radius 3 is 2.71 bits per heavy atom. The second kappa shape index (κ2) is 9.75. The molecule has 1 amide bonds. The van der Waals surface area contributed by atoms with Crippen LogP contribution in [0.15, 0.2) is 46.0 Å². The van der Waals surface area contributed by atoms with Crippen LogP contribution >= 0.6 is 23.7 Å². The first-order valence-corrected chi connectivity index (χ1v) is 9.54. The van der Waals surface area contributed by atoms with Gasteiger partial charge in [-0.05, 0) is 47.0 Å². The number of nitrogens with one attached hydrogen (secondary N) is 2. The number of halogens is 1. The molecule has 24 heavy (non-hydrogen) atoms. The molecule has 0 saturated carbocycles. The van der Waals surface area contributed by atoms with Crippen LogP contribution in [0.4, 0.5) is 5.69 Å². The molecule has 2 aromatic rings. The highest BCUT2D eigenvalue weighted by molar-refractivity contribution is 7.89. The standard InChI is InChI=1S/C15H19N3O3S2.ClH/c16-7-8-17-23(20,21)14-3-1-2-13(10-14)18-15(19)5-4-12-6-9-22-11-12;/h1-3,6,9-11,17H,4-5,7-8,16H2,(H,18,19);1H. The minimum atomic E-state index is -3.61. The number of amides is 1. The molecule has 1 aromatic carbocycles. The van der Waals surface area contributed by atoms with Crippen molar-refractivity contribution in [2.45, 2.75) is 17.7 Å². The maximum absolute atomic E-state index is 12.0. The van der Waals surface area contributed by atoms with E-state index < -0.39 is 10.0 Å². The molecule has 0 atom stereocenters. The minimum Gasteiger partial charge on any atom is -0.329 e. The summed E-state index contributed by atoms with van der Waals surface area (Å²) in [6, 6.07) is 8.13. The normalized spacial score (nSPS) is 10.9. The van der Waals surface area contributed by atoms with Gasteiger partial charge < -0.3 is 11.1 Å². The van der Waals surface area contributed by atoms with E-state index in [1.807, 2.05) is 16.8 Å². The third kappa shape index (κ3) is 6.21. The van der Waals surface area contributed by atoms with Crippen molar-refractivity contribution in [1.29, 1.82) is 0 Å². The van der Waals surface area contributed by atoms with Gasteiger partial charge in [-0.1, -0.05) is 6.07 Å². The van der Waals surface area contributed by atoms with E-state index in [0.29, 0.717) is 18.5 Å². The summed E-state index contributed by atoms with van der Waals surface area (Å²) in [6.07, 6.45) is 1.00. The van der Waals surface area contributed by atoms with Crippen molar-refractivity contribution >= 4 is 45.4 Å². The molecule has 0 bridgehead atoms. The zero-order valence-electron chi connectivity index (χ0n) is 12.9. The Morgan fingerprint density at radius 1 is 1.25 bits per heavy atom. The SMILES string of the molecule is Cl.NCCNS(=O)(=O)c1cccc(NC(=O)CCc2ccsc2)c1. The number of carbonyl (C=O) groups excluding carboxylic acids is 1.